The van der Waals surface area contributed by atoms with Crippen LogP contribution in [0, 0.1) is 0 Å². The van der Waals surface area contributed by atoms with Crippen molar-refractivity contribution in [3.05, 3.63) is 123 Å². The molecule has 2 heterocycles. The van der Waals surface area contributed by atoms with E-state index in [1.807, 2.05) is 73.7 Å². The summed E-state index contributed by atoms with van der Waals surface area (Å²) >= 11 is 13.4. The second kappa shape index (κ2) is 15.2. The van der Waals surface area contributed by atoms with Crippen LogP contribution in [0.1, 0.15) is 39.7 Å². The quantitative estimate of drug-likeness (QED) is 0.110. The van der Waals surface area contributed by atoms with Gasteiger partial charge in [0.05, 0.1) is 47.5 Å². The molecule has 2 aromatic heterocycles. The number of hydrogen-bond donors (Lipinski definition) is 3. The standard InChI is InChI=1S/C39H35Cl2N3O6/c1-4-50-21-23-16-32(48-2)34(33(17-23)49-3)27-13-12-24(26-11-8-14-42-37(26)27)18-31(39(46)47)44-38(45)35-29(40)20-30-28(36(35)41)19-25(43-30)15-22-9-6-5-7-10-22/h5-14,16-17,19-20,31,43H,4,15,18,21H2,1-3H3,(H,44,45)(H,46,47)/t31-/m0/s1. The number of carboxylic acid groups (broad SMARTS) is 1. The van der Waals surface area contributed by atoms with E-state index < -0.39 is 17.9 Å². The van der Waals surface area contributed by atoms with Gasteiger partial charge in [-0.15, -0.1) is 0 Å². The Morgan fingerprint density at radius 1 is 0.920 bits per heavy atom. The molecule has 0 unspecified atom stereocenters. The lowest BCUT2D eigenvalue weighted by Crippen LogP contribution is -2.42. The highest BCUT2D eigenvalue weighted by molar-refractivity contribution is 6.43. The van der Waals surface area contributed by atoms with E-state index in [9.17, 15) is 14.7 Å². The molecule has 1 amide bonds. The molecule has 0 aliphatic heterocycles. The first-order valence-electron chi connectivity index (χ1n) is 16.0. The van der Waals surface area contributed by atoms with Crippen molar-refractivity contribution >= 4 is 56.9 Å². The molecule has 6 aromatic rings. The largest absolute Gasteiger partial charge is 0.496 e. The van der Waals surface area contributed by atoms with Gasteiger partial charge in [0.15, 0.2) is 0 Å². The molecule has 0 saturated carbocycles. The number of H-pyrrole nitrogens is 1. The van der Waals surface area contributed by atoms with Crippen LogP contribution >= 0.6 is 23.2 Å². The molecule has 0 aliphatic carbocycles. The van der Waals surface area contributed by atoms with Gasteiger partial charge < -0.3 is 29.6 Å². The maximum atomic E-state index is 13.7. The van der Waals surface area contributed by atoms with Gasteiger partial charge in [-0.25, -0.2) is 4.79 Å². The number of methoxy groups -OCH3 is 2. The number of hydrogen-bond acceptors (Lipinski definition) is 6. The van der Waals surface area contributed by atoms with Gasteiger partial charge in [-0.3, -0.25) is 9.78 Å². The zero-order valence-electron chi connectivity index (χ0n) is 27.7. The van der Waals surface area contributed by atoms with Crippen LogP contribution in [0.5, 0.6) is 11.5 Å². The van der Waals surface area contributed by atoms with Crippen LogP contribution in [0.3, 0.4) is 0 Å². The summed E-state index contributed by atoms with van der Waals surface area (Å²) in [6, 6.07) is 23.3. The number of carbonyl (C=O) groups is 2. The van der Waals surface area contributed by atoms with Crippen molar-refractivity contribution in [3.63, 3.8) is 0 Å². The maximum absolute atomic E-state index is 13.7. The predicted octanol–water partition coefficient (Wildman–Crippen LogP) is 8.26. The van der Waals surface area contributed by atoms with Crippen molar-refractivity contribution in [2.24, 2.45) is 0 Å². The number of nitrogens with one attached hydrogen (secondary N) is 2. The van der Waals surface area contributed by atoms with Crippen molar-refractivity contribution in [2.75, 3.05) is 20.8 Å². The Morgan fingerprint density at radius 3 is 2.34 bits per heavy atom. The van der Waals surface area contributed by atoms with Gasteiger partial charge in [-0.2, -0.15) is 0 Å². The Kier molecular flexibility index (Phi) is 10.6. The third kappa shape index (κ3) is 7.12. The third-order valence-corrected chi connectivity index (χ3v) is 9.22. The predicted molar refractivity (Wildman–Crippen MR) is 196 cm³/mol. The number of ether oxygens (including phenoxy) is 3. The van der Waals surface area contributed by atoms with Gasteiger partial charge in [0, 0.05) is 53.2 Å². The highest BCUT2D eigenvalue weighted by Gasteiger charge is 2.27. The van der Waals surface area contributed by atoms with Crippen LogP contribution in [0.25, 0.3) is 32.9 Å². The molecule has 6 rings (SSSR count). The zero-order chi connectivity index (χ0) is 35.4. The molecule has 1 atom stereocenters. The van der Waals surface area contributed by atoms with E-state index in [2.05, 4.69) is 15.3 Å². The minimum atomic E-state index is -1.30. The number of aliphatic carboxylic acids is 1. The van der Waals surface area contributed by atoms with Crippen LogP contribution in [0.4, 0.5) is 0 Å². The molecule has 0 spiro atoms. The summed E-state index contributed by atoms with van der Waals surface area (Å²) in [5, 5.41) is 14.5. The highest BCUT2D eigenvalue weighted by Crippen LogP contribution is 2.43. The fraction of sp³-hybridized carbons (Fsp3) is 0.205. The number of benzene rings is 4. The van der Waals surface area contributed by atoms with Crippen molar-refractivity contribution in [1.82, 2.24) is 15.3 Å². The molecular formula is C39H35Cl2N3O6. The number of amides is 1. The third-order valence-electron chi connectivity index (χ3n) is 8.53. The Balaban J connectivity index is 1.31. The van der Waals surface area contributed by atoms with Gasteiger partial charge in [-0.05, 0) is 53.9 Å². The van der Waals surface area contributed by atoms with E-state index in [-0.39, 0.29) is 22.0 Å². The summed E-state index contributed by atoms with van der Waals surface area (Å²) in [4.78, 5) is 34.2. The number of rotatable bonds is 13. The minimum Gasteiger partial charge on any atom is -0.496 e. The van der Waals surface area contributed by atoms with Crippen molar-refractivity contribution in [2.45, 2.75) is 32.4 Å². The fourth-order valence-electron chi connectivity index (χ4n) is 6.18. The van der Waals surface area contributed by atoms with Gasteiger partial charge in [0.2, 0.25) is 0 Å². The number of nitrogens with zero attached hydrogens (tertiary/aromatic N) is 1. The number of aromatic amines is 1. The average Bonchev–Trinajstić information content (AvgIpc) is 3.52. The Bertz CT molecular complexity index is 2180. The molecule has 3 N–H and O–H groups in total. The first kappa shape index (κ1) is 34.8. The van der Waals surface area contributed by atoms with Crippen LogP contribution < -0.4 is 14.8 Å². The molecule has 11 heteroatoms. The Hall–Kier alpha value is -5.09. The zero-order valence-corrected chi connectivity index (χ0v) is 29.2. The molecule has 256 valence electrons. The van der Waals surface area contributed by atoms with Crippen molar-refractivity contribution in [3.8, 4) is 22.6 Å². The monoisotopic (exact) mass is 711 g/mol. The average molecular weight is 713 g/mol. The summed E-state index contributed by atoms with van der Waals surface area (Å²) in [5.41, 5.74) is 6.29. The molecule has 4 aromatic carbocycles. The van der Waals surface area contributed by atoms with E-state index in [0.29, 0.717) is 64.1 Å². The first-order valence-corrected chi connectivity index (χ1v) is 16.7. The van der Waals surface area contributed by atoms with E-state index in [1.54, 1.807) is 32.5 Å². The van der Waals surface area contributed by atoms with E-state index >= 15 is 0 Å². The van der Waals surface area contributed by atoms with E-state index in [4.69, 9.17) is 37.4 Å². The molecule has 0 saturated heterocycles. The lowest BCUT2D eigenvalue weighted by Gasteiger charge is -2.19. The van der Waals surface area contributed by atoms with Crippen LogP contribution in [-0.4, -0.2) is 53.8 Å². The minimum absolute atomic E-state index is 0.00573. The lowest BCUT2D eigenvalue weighted by molar-refractivity contribution is -0.139. The van der Waals surface area contributed by atoms with Crippen molar-refractivity contribution in [1.29, 1.82) is 0 Å². The number of aromatic nitrogens is 2. The first-order chi connectivity index (χ1) is 24.2. The molecule has 0 aliphatic rings. The smallest absolute Gasteiger partial charge is 0.326 e. The number of halogens is 2. The van der Waals surface area contributed by atoms with Crippen molar-refractivity contribution < 1.29 is 28.9 Å². The molecular weight excluding hydrogens is 677 g/mol. The second-order valence-corrected chi connectivity index (χ2v) is 12.5. The molecule has 50 heavy (non-hydrogen) atoms. The van der Waals surface area contributed by atoms with Gasteiger partial charge in [0.1, 0.15) is 17.5 Å². The van der Waals surface area contributed by atoms with Gasteiger partial charge in [-0.1, -0.05) is 71.7 Å². The van der Waals surface area contributed by atoms with E-state index in [0.717, 1.165) is 22.4 Å². The Morgan fingerprint density at radius 2 is 1.66 bits per heavy atom. The highest BCUT2D eigenvalue weighted by atomic mass is 35.5. The second-order valence-electron chi connectivity index (χ2n) is 11.7. The SMILES string of the molecule is CCOCc1cc(OC)c(-c2ccc(C[C@H](NC(=O)c3c(Cl)cc4[nH]c(Cc5ccccc5)cc4c3Cl)C(=O)O)c3cccnc23)c(OC)c1. The molecule has 9 nitrogen and oxygen atoms in total. The van der Waals surface area contributed by atoms with Crippen LogP contribution in [0.2, 0.25) is 10.0 Å². The summed E-state index contributed by atoms with van der Waals surface area (Å²) < 4.78 is 17.2. The molecule has 0 fully saturated rings. The van der Waals surface area contributed by atoms with Crippen LogP contribution in [-0.2, 0) is 29.0 Å². The van der Waals surface area contributed by atoms with Gasteiger partial charge >= 0.3 is 5.97 Å². The Labute approximate surface area is 299 Å². The lowest BCUT2D eigenvalue weighted by atomic mass is 9.93. The number of carbonyl (C=O) groups excluding carboxylic acids is 1. The molecule has 0 bridgehead atoms. The fourth-order valence-corrected chi connectivity index (χ4v) is 6.86. The summed E-state index contributed by atoms with van der Waals surface area (Å²) in [6.45, 7) is 2.89. The topological polar surface area (TPSA) is 123 Å². The van der Waals surface area contributed by atoms with Gasteiger partial charge in [0.25, 0.3) is 5.91 Å². The summed E-state index contributed by atoms with van der Waals surface area (Å²) in [6.07, 6.45) is 2.27. The summed E-state index contributed by atoms with van der Waals surface area (Å²) in [7, 11) is 3.17. The number of pyridine rings is 1. The van der Waals surface area contributed by atoms with Crippen LogP contribution in [0.15, 0.2) is 85.1 Å². The maximum Gasteiger partial charge on any atom is 0.326 e. The molecule has 0 radical (unpaired) electrons. The normalized spacial score (nSPS) is 11.9. The number of fused-ring (bicyclic) bond motifs is 2. The van der Waals surface area contributed by atoms with E-state index in [1.165, 1.54) is 0 Å². The summed E-state index contributed by atoms with van der Waals surface area (Å²) in [5.74, 6) is -0.752. The number of carboxylic acids is 1.